The topological polar surface area (TPSA) is 30.7 Å². The molecule has 23 heavy (non-hydrogen) atoms. The predicted octanol–water partition coefficient (Wildman–Crippen LogP) is 4.70. The van der Waals surface area contributed by atoms with Gasteiger partial charge in [0.15, 0.2) is 5.82 Å². The Morgan fingerprint density at radius 3 is 2.35 bits per heavy atom. The molecule has 2 aromatic carbocycles. The van der Waals surface area contributed by atoms with Crippen molar-refractivity contribution in [2.75, 3.05) is 0 Å². The van der Waals surface area contributed by atoms with Gasteiger partial charge in [-0.05, 0) is 55.8 Å². The summed E-state index contributed by atoms with van der Waals surface area (Å²) in [6.07, 6.45) is 1.80. The summed E-state index contributed by atoms with van der Waals surface area (Å²) in [5.41, 5.74) is 6.53. The first-order valence-corrected chi connectivity index (χ1v) is 7.70. The third kappa shape index (κ3) is 2.40. The van der Waals surface area contributed by atoms with Gasteiger partial charge in [-0.2, -0.15) is 0 Å². The number of nitrogens with zero attached hydrogens (tertiary/aromatic N) is 3. The van der Waals surface area contributed by atoms with Crippen molar-refractivity contribution >= 4 is 11.0 Å². The van der Waals surface area contributed by atoms with E-state index < -0.39 is 0 Å². The molecule has 3 heteroatoms. The zero-order chi connectivity index (χ0) is 15.8. The van der Waals surface area contributed by atoms with Crippen LogP contribution in [-0.4, -0.2) is 14.5 Å². The normalized spacial score (nSPS) is 11.0. The lowest BCUT2D eigenvalue weighted by Crippen LogP contribution is -1.98. The Morgan fingerprint density at radius 2 is 1.61 bits per heavy atom. The lowest BCUT2D eigenvalue weighted by atomic mass is 10.2. The Morgan fingerprint density at radius 1 is 0.826 bits per heavy atom. The van der Waals surface area contributed by atoms with Crippen LogP contribution in [0, 0.1) is 13.8 Å². The zero-order valence-electron chi connectivity index (χ0n) is 13.2. The molecule has 0 radical (unpaired) electrons. The van der Waals surface area contributed by atoms with E-state index in [4.69, 9.17) is 4.98 Å². The van der Waals surface area contributed by atoms with Crippen LogP contribution < -0.4 is 0 Å². The number of fused-ring (bicyclic) bond motifs is 1. The summed E-state index contributed by atoms with van der Waals surface area (Å²) in [7, 11) is 0. The van der Waals surface area contributed by atoms with E-state index in [-0.39, 0.29) is 0 Å². The molecule has 0 spiro atoms. The highest BCUT2D eigenvalue weighted by atomic mass is 15.1. The van der Waals surface area contributed by atoms with Gasteiger partial charge in [-0.15, -0.1) is 0 Å². The fraction of sp³-hybridized carbons (Fsp3) is 0.100. The molecule has 0 atom stereocenters. The molecule has 4 rings (SSSR count). The van der Waals surface area contributed by atoms with E-state index in [1.165, 1.54) is 11.1 Å². The van der Waals surface area contributed by atoms with Gasteiger partial charge in [-0.3, -0.25) is 9.55 Å². The number of aromatic nitrogens is 3. The number of benzene rings is 2. The summed E-state index contributed by atoms with van der Waals surface area (Å²) in [6, 6.07) is 20.8. The van der Waals surface area contributed by atoms with Crippen LogP contribution in [0.15, 0.2) is 66.9 Å². The monoisotopic (exact) mass is 299 g/mol. The maximum atomic E-state index is 4.82. The highest BCUT2D eigenvalue weighted by Crippen LogP contribution is 2.28. The second-order valence-electron chi connectivity index (χ2n) is 5.81. The lowest BCUT2D eigenvalue weighted by Gasteiger charge is -2.09. The molecule has 0 bridgehead atoms. The van der Waals surface area contributed by atoms with Gasteiger partial charge in [0.25, 0.3) is 0 Å². The molecule has 0 saturated heterocycles. The molecular weight excluding hydrogens is 282 g/mol. The molecule has 0 aliphatic carbocycles. The van der Waals surface area contributed by atoms with Gasteiger partial charge >= 0.3 is 0 Å². The number of aryl methyl sites for hydroxylation is 2. The summed E-state index contributed by atoms with van der Waals surface area (Å²) < 4.78 is 2.18. The third-order valence-electron chi connectivity index (χ3n) is 4.00. The van der Waals surface area contributed by atoms with Gasteiger partial charge < -0.3 is 0 Å². The number of rotatable bonds is 2. The maximum Gasteiger partial charge on any atom is 0.164 e. The molecule has 112 valence electrons. The molecule has 0 fully saturated rings. The summed E-state index contributed by atoms with van der Waals surface area (Å²) >= 11 is 0. The van der Waals surface area contributed by atoms with Crippen molar-refractivity contribution in [3.05, 3.63) is 78.0 Å². The molecule has 0 unspecified atom stereocenters. The molecule has 0 N–H and O–H groups in total. The fourth-order valence-electron chi connectivity index (χ4n) is 2.81. The van der Waals surface area contributed by atoms with Gasteiger partial charge in [0.1, 0.15) is 5.69 Å². The Bertz CT molecular complexity index is 967. The first-order valence-electron chi connectivity index (χ1n) is 7.70. The molecule has 0 saturated carbocycles. The van der Waals surface area contributed by atoms with Crippen LogP contribution in [0.3, 0.4) is 0 Å². The molecule has 3 nitrogen and oxygen atoms in total. The first-order chi connectivity index (χ1) is 11.2. The second-order valence-corrected chi connectivity index (χ2v) is 5.81. The minimum Gasteiger partial charge on any atom is -0.291 e. The van der Waals surface area contributed by atoms with E-state index >= 15 is 0 Å². The molecule has 2 aromatic heterocycles. The minimum atomic E-state index is 0.870. The quantitative estimate of drug-likeness (QED) is 0.537. The Labute approximate surface area is 135 Å². The van der Waals surface area contributed by atoms with Gasteiger partial charge in [0.05, 0.1) is 11.0 Å². The number of imidazole rings is 1. The molecule has 0 aliphatic rings. The van der Waals surface area contributed by atoms with Crippen molar-refractivity contribution in [3.8, 4) is 17.2 Å². The highest BCUT2D eigenvalue weighted by Gasteiger charge is 2.15. The van der Waals surface area contributed by atoms with Gasteiger partial charge in [-0.1, -0.05) is 29.8 Å². The summed E-state index contributed by atoms with van der Waals surface area (Å²) in [4.78, 5) is 9.31. The molecular formula is C20H17N3. The van der Waals surface area contributed by atoms with E-state index in [0.29, 0.717) is 0 Å². The van der Waals surface area contributed by atoms with E-state index in [9.17, 15) is 0 Å². The van der Waals surface area contributed by atoms with Crippen molar-refractivity contribution < 1.29 is 0 Å². The maximum absolute atomic E-state index is 4.82. The molecule has 0 aliphatic heterocycles. The van der Waals surface area contributed by atoms with Crippen LogP contribution in [0.4, 0.5) is 0 Å². The summed E-state index contributed by atoms with van der Waals surface area (Å²) in [5.74, 6) is 0.870. The largest absolute Gasteiger partial charge is 0.291 e. The number of hydrogen-bond acceptors (Lipinski definition) is 2. The van der Waals surface area contributed by atoms with Crippen molar-refractivity contribution in [2.24, 2.45) is 0 Å². The van der Waals surface area contributed by atoms with Crippen molar-refractivity contribution in [1.29, 1.82) is 0 Å². The zero-order valence-corrected chi connectivity index (χ0v) is 13.2. The lowest BCUT2D eigenvalue weighted by molar-refractivity contribution is 1.08. The van der Waals surface area contributed by atoms with Crippen molar-refractivity contribution in [2.45, 2.75) is 13.8 Å². The predicted molar refractivity (Wildman–Crippen MR) is 93.8 cm³/mol. The van der Waals surface area contributed by atoms with E-state index in [0.717, 1.165) is 28.2 Å². The number of pyridine rings is 1. The van der Waals surface area contributed by atoms with Crippen LogP contribution in [0.2, 0.25) is 0 Å². The Kier molecular flexibility index (Phi) is 3.19. The van der Waals surface area contributed by atoms with Crippen LogP contribution in [-0.2, 0) is 0 Å². The summed E-state index contributed by atoms with van der Waals surface area (Å²) in [6.45, 7) is 4.20. The average molecular weight is 299 g/mol. The van der Waals surface area contributed by atoms with Gasteiger partial charge in [0, 0.05) is 11.9 Å². The van der Waals surface area contributed by atoms with Crippen LogP contribution in [0.5, 0.6) is 0 Å². The van der Waals surface area contributed by atoms with Crippen molar-refractivity contribution in [3.63, 3.8) is 0 Å². The average Bonchev–Trinajstić information content (AvgIpc) is 2.95. The van der Waals surface area contributed by atoms with Gasteiger partial charge in [-0.25, -0.2) is 4.98 Å². The van der Waals surface area contributed by atoms with E-state index in [1.54, 1.807) is 6.20 Å². The fourth-order valence-corrected chi connectivity index (χ4v) is 2.81. The summed E-state index contributed by atoms with van der Waals surface area (Å²) in [5, 5.41) is 0. The van der Waals surface area contributed by atoms with Crippen molar-refractivity contribution in [1.82, 2.24) is 14.5 Å². The molecule has 0 amide bonds. The third-order valence-corrected chi connectivity index (χ3v) is 4.00. The smallest absolute Gasteiger partial charge is 0.164 e. The molecule has 2 heterocycles. The second kappa shape index (κ2) is 5.36. The first kappa shape index (κ1) is 13.7. The number of hydrogen-bond donors (Lipinski definition) is 0. The SMILES string of the molecule is Cc1ccc(-n2c(-c3ccccn3)nc3ccc(C)cc32)cc1. The minimum absolute atomic E-state index is 0.870. The van der Waals surface area contributed by atoms with Crippen LogP contribution in [0.25, 0.3) is 28.2 Å². The highest BCUT2D eigenvalue weighted by molar-refractivity contribution is 5.83. The molecule has 4 aromatic rings. The Hall–Kier alpha value is -2.94. The standard InChI is InChI=1S/C20H17N3/c1-14-6-9-16(10-7-14)23-19-13-15(2)8-11-17(19)22-20(23)18-5-3-4-12-21-18/h3-13H,1-2H3. The Balaban J connectivity index is 2.06. The van der Waals surface area contributed by atoms with E-state index in [1.807, 2.05) is 18.2 Å². The van der Waals surface area contributed by atoms with E-state index in [2.05, 4.69) is 65.9 Å². The van der Waals surface area contributed by atoms with Crippen LogP contribution in [0.1, 0.15) is 11.1 Å². The van der Waals surface area contributed by atoms with Gasteiger partial charge in [0.2, 0.25) is 0 Å². The van der Waals surface area contributed by atoms with Crippen LogP contribution >= 0.6 is 0 Å².